The number of nitrogens with one attached hydrogen (secondary N) is 1. The number of aryl methyl sites for hydroxylation is 1. The topological polar surface area (TPSA) is 24.8 Å². The molecule has 1 aromatic rings. The Morgan fingerprint density at radius 1 is 1.14 bits per heavy atom. The number of carbonyl (C=O) groups is 1. The SMILES string of the molecule is O=C1c2cccc3c2[C@H](CCC3)CN1[C@H]1C[NH+]2CCC1CC2. The first kappa shape index (κ1) is 13.1. The first-order valence-corrected chi connectivity index (χ1v) is 9.07. The molecule has 6 rings (SSSR count). The third-order valence-corrected chi connectivity index (χ3v) is 6.69. The van der Waals surface area contributed by atoms with E-state index in [1.54, 1.807) is 4.90 Å². The molecule has 3 heteroatoms. The van der Waals surface area contributed by atoms with Gasteiger partial charge in [0.15, 0.2) is 0 Å². The fourth-order valence-corrected chi connectivity index (χ4v) is 5.59. The van der Waals surface area contributed by atoms with E-state index in [2.05, 4.69) is 23.1 Å². The molecule has 116 valence electrons. The summed E-state index contributed by atoms with van der Waals surface area (Å²) in [6.45, 7) is 4.83. The molecule has 0 saturated carbocycles. The third kappa shape index (κ3) is 1.81. The lowest BCUT2D eigenvalue weighted by atomic mass is 9.75. The normalized spacial score (nSPS) is 36.4. The number of hydrogen-bond acceptors (Lipinski definition) is 1. The van der Waals surface area contributed by atoms with Crippen LogP contribution in [0.25, 0.3) is 0 Å². The molecule has 2 bridgehead atoms. The monoisotopic (exact) mass is 297 g/mol. The highest BCUT2D eigenvalue weighted by Gasteiger charge is 2.45. The maximum absolute atomic E-state index is 13.1. The average molecular weight is 297 g/mol. The van der Waals surface area contributed by atoms with E-state index in [4.69, 9.17) is 0 Å². The van der Waals surface area contributed by atoms with E-state index < -0.39 is 0 Å². The molecule has 0 unspecified atom stereocenters. The molecule has 0 aromatic heterocycles. The predicted molar refractivity (Wildman–Crippen MR) is 85.2 cm³/mol. The second kappa shape index (κ2) is 4.82. The largest absolute Gasteiger partial charge is 0.333 e. The van der Waals surface area contributed by atoms with Gasteiger partial charge < -0.3 is 9.80 Å². The highest BCUT2D eigenvalue weighted by molar-refractivity contribution is 5.97. The number of carbonyl (C=O) groups excluding carboxylic acids is 1. The van der Waals surface area contributed by atoms with E-state index in [0.29, 0.717) is 17.9 Å². The van der Waals surface area contributed by atoms with Gasteiger partial charge in [-0.15, -0.1) is 0 Å². The molecule has 1 aliphatic carbocycles. The third-order valence-electron chi connectivity index (χ3n) is 6.69. The molecule has 5 aliphatic rings. The Labute approximate surface area is 132 Å². The summed E-state index contributed by atoms with van der Waals surface area (Å²) >= 11 is 0. The van der Waals surface area contributed by atoms with Crippen LogP contribution in [0, 0.1) is 5.92 Å². The summed E-state index contributed by atoms with van der Waals surface area (Å²) in [5.74, 6) is 1.69. The summed E-state index contributed by atoms with van der Waals surface area (Å²) in [5.41, 5.74) is 3.88. The van der Waals surface area contributed by atoms with E-state index >= 15 is 0 Å². The van der Waals surface area contributed by atoms with Gasteiger partial charge in [-0.2, -0.15) is 0 Å². The molecule has 0 radical (unpaired) electrons. The number of nitrogens with zero attached hydrogens (tertiary/aromatic N) is 1. The van der Waals surface area contributed by atoms with E-state index in [1.165, 1.54) is 56.4 Å². The van der Waals surface area contributed by atoms with Crippen LogP contribution in [0.2, 0.25) is 0 Å². The van der Waals surface area contributed by atoms with E-state index in [9.17, 15) is 4.79 Å². The number of amides is 1. The van der Waals surface area contributed by atoms with Gasteiger partial charge in [0.25, 0.3) is 5.91 Å². The summed E-state index contributed by atoms with van der Waals surface area (Å²) in [4.78, 5) is 17.2. The predicted octanol–water partition coefficient (Wildman–Crippen LogP) is 1.24. The highest BCUT2D eigenvalue weighted by Crippen LogP contribution is 2.40. The van der Waals surface area contributed by atoms with Crippen molar-refractivity contribution in [1.82, 2.24) is 4.90 Å². The second-order valence-corrected chi connectivity index (χ2v) is 7.78. The molecule has 1 N–H and O–H groups in total. The van der Waals surface area contributed by atoms with Crippen LogP contribution in [-0.4, -0.2) is 43.0 Å². The van der Waals surface area contributed by atoms with Crippen LogP contribution in [-0.2, 0) is 6.42 Å². The fourth-order valence-electron chi connectivity index (χ4n) is 5.59. The van der Waals surface area contributed by atoms with Crippen molar-refractivity contribution < 1.29 is 9.69 Å². The van der Waals surface area contributed by atoms with Crippen LogP contribution in [0.4, 0.5) is 0 Å². The maximum Gasteiger partial charge on any atom is 0.254 e. The minimum atomic E-state index is 0.327. The van der Waals surface area contributed by atoms with Crippen molar-refractivity contribution in [1.29, 1.82) is 0 Å². The van der Waals surface area contributed by atoms with E-state index in [-0.39, 0.29) is 0 Å². The number of fused-ring (bicyclic) bond motifs is 3. The Bertz CT molecular complexity index is 618. The zero-order chi connectivity index (χ0) is 14.7. The van der Waals surface area contributed by atoms with E-state index in [1.807, 2.05) is 0 Å². The van der Waals surface area contributed by atoms with Crippen molar-refractivity contribution in [2.45, 2.75) is 44.1 Å². The summed E-state index contributed by atoms with van der Waals surface area (Å²) < 4.78 is 0. The van der Waals surface area contributed by atoms with Gasteiger partial charge in [0, 0.05) is 30.9 Å². The molecular weight excluding hydrogens is 272 g/mol. The van der Waals surface area contributed by atoms with Gasteiger partial charge in [-0.25, -0.2) is 0 Å². The molecule has 2 atom stereocenters. The molecule has 0 spiro atoms. The standard InChI is InChI=1S/C19H24N2O/c22-19-16-6-2-4-14-3-1-5-15(18(14)16)11-21(19)17-12-20-9-7-13(17)8-10-20/h2,4,6,13,15,17H,1,3,5,7-12H2/p+1/t15-,17+/m1/s1. The molecule has 1 amide bonds. The van der Waals surface area contributed by atoms with Crippen LogP contribution in [0.1, 0.15) is 53.1 Å². The minimum Gasteiger partial charge on any atom is -0.333 e. The summed E-state index contributed by atoms with van der Waals surface area (Å²) in [5, 5.41) is 0. The Morgan fingerprint density at radius 3 is 2.77 bits per heavy atom. The number of piperidine rings is 3. The maximum atomic E-state index is 13.1. The van der Waals surface area contributed by atoms with Crippen LogP contribution in [0.15, 0.2) is 18.2 Å². The lowest BCUT2D eigenvalue weighted by molar-refractivity contribution is -0.918. The van der Waals surface area contributed by atoms with Crippen molar-refractivity contribution in [3.8, 4) is 0 Å². The Balaban J connectivity index is 1.53. The van der Waals surface area contributed by atoms with Gasteiger partial charge in [-0.1, -0.05) is 12.1 Å². The molecule has 3 fully saturated rings. The lowest BCUT2D eigenvalue weighted by Crippen LogP contribution is -3.17. The average Bonchev–Trinajstić information content (AvgIpc) is 2.59. The zero-order valence-corrected chi connectivity index (χ0v) is 13.2. The first-order chi connectivity index (χ1) is 10.8. The van der Waals surface area contributed by atoms with Gasteiger partial charge in [0.2, 0.25) is 0 Å². The Morgan fingerprint density at radius 2 is 2.00 bits per heavy atom. The van der Waals surface area contributed by atoms with Crippen molar-refractivity contribution in [2.75, 3.05) is 26.2 Å². The van der Waals surface area contributed by atoms with Gasteiger partial charge in [-0.05, 0) is 42.4 Å². The molecule has 22 heavy (non-hydrogen) atoms. The molecule has 3 saturated heterocycles. The molecule has 4 aliphatic heterocycles. The lowest BCUT2D eigenvalue weighted by Gasteiger charge is -2.49. The van der Waals surface area contributed by atoms with Crippen LogP contribution >= 0.6 is 0 Å². The number of quaternary nitrogens is 1. The van der Waals surface area contributed by atoms with E-state index in [0.717, 1.165) is 24.4 Å². The molecule has 3 nitrogen and oxygen atoms in total. The number of rotatable bonds is 1. The van der Waals surface area contributed by atoms with Gasteiger partial charge in [-0.3, -0.25) is 4.79 Å². The van der Waals surface area contributed by atoms with Crippen LogP contribution < -0.4 is 4.90 Å². The Hall–Kier alpha value is -1.35. The van der Waals surface area contributed by atoms with Crippen LogP contribution in [0.3, 0.4) is 0 Å². The molecule has 1 aromatic carbocycles. The number of benzene rings is 1. The van der Waals surface area contributed by atoms with Gasteiger partial charge in [0.1, 0.15) is 0 Å². The smallest absolute Gasteiger partial charge is 0.254 e. The number of hydrogen-bond donors (Lipinski definition) is 1. The highest BCUT2D eigenvalue weighted by atomic mass is 16.2. The summed E-state index contributed by atoms with van der Waals surface area (Å²) in [6, 6.07) is 6.93. The second-order valence-electron chi connectivity index (χ2n) is 7.78. The summed E-state index contributed by atoms with van der Waals surface area (Å²) in [6.07, 6.45) is 6.36. The zero-order valence-electron chi connectivity index (χ0n) is 13.2. The van der Waals surface area contributed by atoms with Crippen molar-refractivity contribution in [2.24, 2.45) is 5.92 Å². The first-order valence-electron chi connectivity index (χ1n) is 9.07. The molecule has 4 heterocycles. The van der Waals surface area contributed by atoms with Crippen molar-refractivity contribution in [3.05, 3.63) is 34.9 Å². The fraction of sp³-hybridized carbons (Fsp3) is 0.632. The van der Waals surface area contributed by atoms with Crippen LogP contribution in [0.5, 0.6) is 0 Å². The van der Waals surface area contributed by atoms with Crippen molar-refractivity contribution in [3.63, 3.8) is 0 Å². The van der Waals surface area contributed by atoms with Gasteiger partial charge in [0.05, 0.1) is 25.7 Å². The quantitative estimate of drug-likeness (QED) is 0.829. The molecular formula is C19H25N2O+. The van der Waals surface area contributed by atoms with Crippen molar-refractivity contribution >= 4 is 5.91 Å². The Kier molecular flexibility index (Phi) is 2.88. The summed E-state index contributed by atoms with van der Waals surface area (Å²) in [7, 11) is 0. The minimum absolute atomic E-state index is 0.327. The van der Waals surface area contributed by atoms with Gasteiger partial charge >= 0.3 is 0 Å².